The molecule has 0 saturated carbocycles. The Labute approximate surface area is 177 Å². The first-order chi connectivity index (χ1) is 14.8. The Bertz CT molecular complexity index is 1050. The molecule has 1 aromatic heterocycles. The topological polar surface area (TPSA) is 58.2 Å². The number of benzene rings is 2. The van der Waals surface area contributed by atoms with Crippen LogP contribution in [0.3, 0.4) is 0 Å². The molecule has 0 aliphatic carbocycles. The highest BCUT2D eigenvalue weighted by Crippen LogP contribution is 2.34. The van der Waals surface area contributed by atoms with Crippen LogP contribution in [0.15, 0.2) is 54.6 Å². The zero-order valence-electron chi connectivity index (χ0n) is 16.9. The van der Waals surface area contributed by atoms with Gasteiger partial charge in [0.25, 0.3) is 5.91 Å². The van der Waals surface area contributed by atoms with Crippen molar-refractivity contribution in [3.8, 4) is 28.3 Å². The van der Waals surface area contributed by atoms with Gasteiger partial charge in [-0.25, -0.2) is 0 Å². The van der Waals surface area contributed by atoms with Crippen LogP contribution in [0.5, 0.6) is 5.75 Å². The molecule has 0 spiro atoms. The Morgan fingerprint density at radius 1 is 1.06 bits per heavy atom. The third kappa shape index (κ3) is 4.57. The SMILES string of the molecule is COc1cccc(-c2cc(-c3ccc(C(=O)N4CCC(C(F)(F)F)CC4)cc3)[nH]n2)c1. The van der Waals surface area contributed by atoms with Gasteiger partial charge in [-0.15, -0.1) is 0 Å². The molecule has 2 aromatic carbocycles. The quantitative estimate of drug-likeness (QED) is 0.623. The van der Waals surface area contributed by atoms with Crippen LogP contribution in [-0.2, 0) is 0 Å². The van der Waals surface area contributed by atoms with Crippen LogP contribution in [-0.4, -0.2) is 47.4 Å². The standard InChI is InChI=1S/C23H22F3N3O2/c1-31-19-4-2-3-17(13-19)21-14-20(27-28-21)15-5-7-16(8-6-15)22(30)29-11-9-18(10-12-29)23(24,25)26/h2-8,13-14,18H,9-12H2,1H3,(H,27,28). The molecule has 1 aliphatic heterocycles. The van der Waals surface area contributed by atoms with Gasteiger partial charge in [-0.2, -0.15) is 18.3 Å². The number of carbonyl (C=O) groups is 1. The van der Waals surface area contributed by atoms with Crippen molar-refractivity contribution in [3.05, 3.63) is 60.2 Å². The lowest BCUT2D eigenvalue weighted by Gasteiger charge is -2.33. The van der Waals surface area contributed by atoms with E-state index in [4.69, 9.17) is 4.74 Å². The molecule has 8 heteroatoms. The van der Waals surface area contributed by atoms with Crippen molar-refractivity contribution in [3.63, 3.8) is 0 Å². The minimum atomic E-state index is -4.19. The average Bonchev–Trinajstić information content (AvgIpc) is 3.29. The zero-order valence-corrected chi connectivity index (χ0v) is 16.9. The van der Waals surface area contributed by atoms with Crippen LogP contribution in [0.1, 0.15) is 23.2 Å². The molecule has 5 nitrogen and oxygen atoms in total. The minimum Gasteiger partial charge on any atom is -0.497 e. The van der Waals surface area contributed by atoms with Crippen molar-refractivity contribution in [1.29, 1.82) is 0 Å². The van der Waals surface area contributed by atoms with Gasteiger partial charge < -0.3 is 9.64 Å². The van der Waals surface area contributed by atoms with Crippen molar-refractivity contribution in [1.82, 2.24) is 15.1 Å². The monoisotopic (exact) mass is 429 g/mol. The van der Waals surface area contributed by atoms with E-state index in [2.05, 4.69) is 10.2 Å². The number of aromatic nitrogens is 2. The second-order valence-corrected chi connectivity index (χ2v) is 7.58. The van der Waals surface area contributed by atoms with E-state index >= 15 is 0 Å². The van der Waals surface area contributed by atoms with Crippen LogP contribution < -0.4 is 4.74 Å². The summed E-state index contributed by atoms with van der Waals surface area (Å²) in [6.07, 6.45) is -4.28. The number of piperidine rings is 1. The molecule has 0 unspecified atom stereocenters. The Kier molecular flexibility index (Phi) is 5.71. The van der Waals surface area contributed by atoms with Gasteiger partial charge in [0.1, 0.15) is 5.75 Å². The van der Waals surface area contributed by atoms with E-state index in [9.17, 15) is 18.0 Å². The van der Waals surface area contributed by atoms with E-state index in [1.165, 1.54) is 4.90 Å². The molecule has 162 valence electrons. The Morgan fingerprint density at radius 3 is 2.42 bits per heavy atom. The van der Waals surface area contributed by atoms with Crippen LogP contribution in [0.25, 0.3) is 22.5 Å². The summed E-state index contributed by atoms with van der Waals surface area (Å²) in [5.41, 5.74) is 3.79. The van der Waals surface area contributed by atoms with Crippen molar-refractivity contribution in [2.24, 2.45) is 5.92 Å². The number of methoxy groups -OCH3 is 1. The predicted octanol–water partition coefficient (Wildman–Crippen LogP) is 5.17. The number of ether oxygens (including phenoxy) is 1. The van der Waals surface area contributed by atoms with Gasteiger partial charge >= 0.3 is 6.18 Å². The number of rotatable bonds is 4. The van der Waals surface area contributed by atoms with Gasteiger partial charge in [0.2, 0.25) is 0 Å². The van der Waals surface area contributed by atoms with Crippen molar-refractivity contribution < 1.29 is 22.7 Å². The third-order valence-corrected chi connectivity index (χ3v) is 5.63. The maximum absolute atomic E-state index is 12.8. The molecule has 2 heterocycles. The maximum Gasteiger partial charge on any atom is 0.391 e. The number of likely N-dealkylation sites (tertiary alicyclic amines) is 1. The number of carbonyl (C=O) groups excluding carboxylic acids is 1. The third-order valence-electron chi connectivity index (χ3n) is 5.63. The highest BCUT2D eigenvalue weighted by molar-refractivity contribution is 5.94. The van der Waals surface area contributed by atoms with Gasteiger partial charge in [0.05, 0.1) is 24.4 Å². The summed E-state index contributed by atoms with van der Waals surface area (Å²) in [7, 11) is 1.61. The first kappa shape index (κ1) is 21.0. The van der Waals surface area contributed by atoms with E-state index in [1.807, 2.05) is 30.3 Å². The van der Waals surface area contributed by atoms with Crippen LogP contribution in [0.4, 0.5) is 13.2 Å². The summed E-state index contributed by atoms with van der Waals surface area (Å²) in [6.45, 7) is 0.240. The zero-order chi connectivity index (χ0) is 22.0. The number of hydrogen-bond donors (Lipinski definition) is 1. The maximum atomic E-state index is 12.8. The number of nitrogens with one attached hydrogen (secondary N) is 1. The number of amides is 1. The fraction of sp³-hybridized carbons (Fsp3) is 0.304. The molecule has 4 rings (SSSR count). The van der Waals surface area contributed by atoms with Gasteiger partial charge in [-0.1, -0.05) is 24.3 Å². The van der Waals surface area contributed by atoms with Gasteiger partial charge in [0.15, 0.2) is 0 Å². The lowest BCUT2D eigenvalue weighted by Crippen LogP contribution is -2.42. The van der Waals surface area contributed by atoms with Crippen molar-refractivity contribution in [2.45, 2.75) is 19.0 Å². The summed E-state index contributed by atoms with van der Waals surface area (Å²) in [6, 6.07) is 16.5. The molecule has 1 saturated heterocycles. The van der Waals surface area contributed by atoms with E-state index < -0.39 is 12.1 Å². The summed E-state index contributed by atoms with van der Waals surface area (Å²) in [4.78, 5) is 14.2. The Balaban J connectivity index is 1.44. The van der Waals surface area contributed by atoms with E-state index in [1.54, 1.807) is 31.4 Å². The molecular weight excluding hydrogens is 407 g/mol. The fourth-order valence-electron chi connectivity index (χ4n) is 3.78. The number of halogens is 3. The lowest BCUT2D eigenvalue weighted by molar-refractivity contribution is -0.183. The summed E-state index contributed by atoms with van der Waals surface area (Å²) < 4.78 is 43.7. The van der Waals surface area contributed by atoms with E-state index in [-0.39, 0.29) is 31.8 Å². The van der Waals surface area contributed by atoms with Crippen molar-refractivity contribution in [2.75, 3.05) is 20.2 Å². The molecule has 31 heavy (non-hydrogen) atoms. The Hall–Kier alpha value is -3.29. The predicted molar refractivity (Wildman–Crippen MR) is 111 cm³/mol. The van der Waals surface area contributed by atoms with Crippen molar-refractivity contribution >= 4 is 5.91 Å². The van der Waals surface area contributed by atoms with E-state index in [0.717, 1.165) is 28.3 Å². The smallest absolute Gasteiger partial charge is 0.391 e. The second kappa shape index (κ2) is 8.45. The molecule has 0 atom stereocenters. The molecule has 1 fully saturated rings. The number of H-pyrrole nitrogens is 1. The minimum absolute atomic E-state index is 0.0471. The average molecular weight is 429 g/mol. The van der Waals surface area contributed by atoms with Gasteiger partial charge in [-0.3, -0.25) is 9.89 Å². The number of hydrogen-bond acceptors (Lipinski definition) is 3. The lowest BCUT2D eigenvalue weighted by atomic mass is 9.95. The first-order valence-corrected chi connectivity index (χ1v) is 10.0. The second-order valence-electron chi connectivity index (χ2n) is 7.58. The Morgan fingerprint density at radius 2 is 1.77 bits per heavy atom. The normalized spacial score (nSPS) is 15.2. The van der Waals surface area contributed by atoms with Crippen LogP contribution in [0.2, 0.25) is 0 Å². The molecule has 0 radical (unpaired) electrons. The first-order valence-electron chi connectivity index (χ1n) is 10.0. The fourth-order valence-corrected chi connectivity index (χ4v) is 3.78. The van der Waals surface area contributed by atoms with Gasteiger partial charge in [-0.05, 0) is 48.7 Å². The highest BCUT2D eigenvalue weighted by Gasteiger charge is 2.41. The molecule has 1 aliphatic rings. The molecule has 0 bridgehead atoms. The van der Waals surface area contributed by atoms with Gasteiger partial charge in [0, 0.05) is 24.2 Å². The summed E-state index contributed by atoms with van der Waals surface area (Å²) in [5.74, 6) is -0.823. The molecule has 1 amide bonds. The summed E-state index contributed by atoms with van der Waals surface area (Å²) >= 11 is 0. The largest absolute Gasteiger partial charge is 0.497 e. The molecule has 1 N–H and O–H groups in total. The number of nitrogens with zero attached hydrogens (tertiary/aromatic N) is 2. The van der Waals surface area contributed by atoms with Crippen LogP contribution >= 0.6 is 0 Å². The summed E-state index contributed by atoms with van der Waals surface area (Å²) in [5, 5.41) is 7.34. The molecular formula is C23H22F3N3O2. The van der Waals surface area contributed by atoms with Crippen LogP contribution in [0, 0.1) is 5.92 Å². The number of aromatic amines is 1. The van der Waals surface area contributed by atoms with E-state index in [0.29, 0.717) is 5.56 Å². The molecule has 3 aromatic rings. The highest BCUT2D eigenvalue weighted by atomic mass is 19.4. The number of alkyl halides is 3.